The number of rotatable bonds is 4. The summed E-state index contributed by atoms with van der Waals surface area (Å²) in [7, 11) is 0. The third-order valence-corrected chi connectivity index (χ3v) is 3.80. The number of piperidine rings is 1. The first-order chi connectivity index (χ1) is 9.19. The Morgan fingerprint density at radius 2 is 2.16 bits per heavy atom. The fourth-order valence-corrected chi connectivity index (χ4v) is 2.71. The number of hydrogen-bond donors (Lipinski definition) is 1. The fourth-order valence-electron chi connectivity index (χ4n) is 2.58. The molecule has 0 unspecified atom stereocenters. The van der Waals surface area contributed by atoms with E-state index < -0.39 is 0 Å². The Kier molecular flexibility index (Phi) is 5.23. The van der Waals surface area contributed by atoms with Crippen molar-refractivity contribution in [2.75, 3.05) is 19.6 Å². The van der Waals surface area contributed by atoms with E-state index in [-0.39, 0.29) is 11.8 Å². The molecule has 1 amide bonds. The Balaban J connectivity index is 1.90. The van der Waals surface area contributed by atoms with Gasteiger partial charge in [0.15, 0.2) is 0 Å². The number of nitrogens with zero attached hydrogens (tertiary/aromatic N) is 1. The van der Waals surface area contributed by atoms with Crippen LogP contribution in [-0.4, -0.2) is 30.4 Å². The maximum atomic E-state index is 11.9. The van der Waals surface area contributed by atoms with E-state index >= 15 is 0 Å². The van der Waals surface area contributed by atoms with Gasteiger partial charge in [-0.2, -0.15) is 0 Å². The second-order valence-electron chi connectivity index (χ2n) is 5.10. The lowest BCUT2D eigenvalue weighted by Crippen LogP contribution is -2.42. The van der Waals surface area contributed by atoms with Crippen LogP contribution >= 0.6 is 11.6 Å². The van der Waals surface area contributed by atoms with Gasteiger partial charge in [-0.1, -0.05) is 23.7 Å². The summed E-state index contributed by atoms with van der Waals surface area (Å²) >= 11 is 5.89. The molecule has 1 aliphatic heterocycles. The zero-order valence-corrected chi connectivity index (χ0v) is 12.1. The molecule has 4 heteroatoms. The number of benzene rings is 1. The highest BCUT2D eigenvalue weighted by atomic mass is 35.5. The lowest BCUT2D eigenvalue weighted by Gasteiger charge is -2.32. The largest absolute Gasteiger partial charge is 0.356 e. The monoisotopic (exact) mass is 280 g/mol. The minimum Gasteiger partial charge on any atom is -0.356 e. The molecule has 0 bridgehead atoms. The lowest BCUT2D eigenvalue weighted by atomic mass is 9.96. The van der Waals surface area contributed by atoms with Crippen LogP contribution in [0.2, 0.25) is 5.02 Å². The number of likely N-dealkylation sites (tertiary alicyclic amines) is 1. The Hall–Kier alpha value is -1.06. The van der Waals surface area contributed by atoms with Gasteiger partial charge in [-0.25, -0.2) is 0 Å². The van der Waals surface area contributed by atoms with Crippen LogP contribution < -0.4 is 5.32 Å². The number of amides is 1. The van der Waals surface area contributed by atoms with Gasteiger partial charge in [-0.3, -0.25) is 9.69 Å². The minimum atomic E-state index is 0.140. The third-order valence-electron chi connectivity index (χ3n) is 3.55. The second-order valence-corrected chi connectivity index (χ2v) is 5.53. The fraction of sp³-hybridized carbons (Fsp3) is 0.533. The summed E-state index contributed by atoms with van der Waals surface area (Å²) in [5.74, 6) is 0.337. The predicted molar refractivity (Wildman–Crippen MR) is 78.1 cm³/mol. The topological polar surface area (TPSA) is 32.3 Å². The molecule has 0 aromatic heterocycles. The minimum absolute atomic E-state index is 0.140. The zero-order valence-electron chi connectivity index (χ0n) is 11.4. The van der Waals surface area contributed by atoms with Crippen LogP contribution in [0.1, 0.15) is 25.3 Å². The first-order valence-corrected chi connectivity index (χ1v) is 7.31. The maximum Gasteiger partial charge on any atom is 0.224 e. The number of hydrogen-bond acceptors (Lipinski definition) is 2. The first-order valence-electron chi connectivity index (χ1n) is 6.93. The van der Waals surface area contributed by atoms with Gasteiger partial charge in [0.2, 0.25) is 5.91 Å². The molecule has 104 valence electrons. The van der Waals surface area contributed by atoms with Crippen molar-refractivity contribution in [2.45, 2.75) is 26.3 Å². The molecule has 0 radical (unpaired) electrons. The second kappa shape index (κ2) is 6.92. The molecule has 0 spiro atoms. The average molecular weight is 281 g/mol. The van der Waals surface area contributed by atoms with E-state index in [1.165, 1.54) is 5.56 Å². The van der Waals surface area contributed by atoms with Gasteiger partial charge in [-0.15, -0.1) is 0 Å². The Morgan fingerprint density at radius 1 is 1.42 bits per heavy atom. The number of nitrogens with one attached hydrogen (secondary N) is 1. The van der Waals surface area contributed by atoms with Crippen molar-refractivity contribution in [1.82, 2.24) is 10.2 Å². The van der Waals surface area contributed by atoms with Crippen molar-refractivity contribution in [3.05, 3.63) is 34.9 Å². The third kappa shape index (κ3) is 4.22. The highest BCUT2D eigenvalue weighted by Gasteiger charge is 2.25. The molecule has 1 aromatic rings. The van der Waals surface area contributed by atoms with Crippen LogP contribution in [0.15, 0.2) is 24.3 Å². The van der Waals surface area contributed by atoms with E-state index in [0.29, 0.717) is 6.54 Å². The average Bonchev–Trinajstić information content (AvgIpc) is 2.42. The summed E-state index contributed by atoms with van der Waals surface area (Å²) in [5, 5.41) is 3.69. The summed E-state index contributed by atoms with van der Waals surface area (Å²) in [6, 6.07) is 7.94. The van der Waals surface area contributed by atoms with Crippen molar-refractivity contribution in [2.24, 2.45) is 5.92 Å². The van der Waals surface area contributed by atoms with Crippen molar-refractivity contribution in [3.8, 4) is 0 Å². The number of carbonyl (C=O) groups is 1. The highest BCUT2D eigenvalue weighted by molar-refractivity contribution is 6.30. The van der Waals surface area contributed by atoms with E-state index in [1.54, 1.807) is 0 Å². The summed E-state index contributed by atoms with van der Waals surface area (Å²) < 4.78 is 0. The SMILES string of the molecule is CCNC(=O)[C@H]1CCCN(Cc2ccc(Cl)cc2)C1. The first kappa shape index (κ1) is 14.4. The molecule has 1 aromatic carbocycles. The molecule has 2 rings (SSSR count). The molecule has 19 heavy (non-hydrogen) atoms. The van der Waals surface area contributed by atoms with Crippen molar-refractivity contribution >= 4 is 17.5 Å². The summed E-state index contributed by atoms with van der Waals surface area (Å²) in [5.41, 5.74) is 1.25. The van der Waals surface area contributed by atoms with Gasteiger partial charge in [0.1, 0.15) is 0 Å². The van der Waals surface area contributed by atoms with E-state index in [0.717, 1.165) is 37.5 Å². The van der Waals surface area contributed by atoms with Crippen molar-refractivity contribution in [3.63, 3.8) is 0 Å². The van der Waals surface area contributed by atoms with E-state index in [9.17, 15) is 4.79 Å². The zero-order chi connectivity index (χ0) is 13.7. The van der Waals surface area contributed by atoms with E-state index in [2.05, 4.69) is 22.3 Å². The standard InChI is InChI=1S/C15H21ClN2O/c1-2-17-15(19)13-4-3-9-18(11-13)10-12-5-7-14(16)8-6-12/h5-8,13H,2-4,9-11H2,1H3,(H,17,19)/t13-/m0/s1. The smallest absolute Gasteiger partial charge is 0.224 e. The van der Waals surface area contributed by atoms with Crippen LogP contribution in [0.3, 0.4) is 0 Å². The van der Waals surface area contributed by atoms with Crippen LogP contribution in [0, 0.1) is 5.92 Å². The van der Waals surface area contributed by atoms with Gasteiger partial charge < -0.3 is 5.32 Å². The van der Waals surface area contributed by atoms with E-state index in [4.69, 9.17) is 11.6 Å². The van der Waals surface area contributed by atoms with Crippen molar-refractivity contribution in [1.29, 1.82) is 0 Å². The van der Waals surface area contributed by atoms with Gasteiger partial charge in [0.25, 0.3) is 0 Å². The summed E-state index contributed by atoms with van der Waals surface area (Å²) in [6.07, 6.45) is 2.10. The maximum absolute atomic E-state index is 11.9. The van der Waals surface area contributed by atoms with Crippen LogP contribution in [0.25, 0.3) is 0 Å². The molecular weight excluding hydrogens is 260 g/mol. The normalized spacial score (nSPS) is 20.2. The quantitative estimate of drug-likeness (QED) is 0.920. The Morgan fingerprint density at radius 3 is 2.84 bits per heavy atom. The predicted octanol–water partition coefficient (Wildman–Crippen LogP) is 2.69. The molecule has 0 saturated carbocycles. The molecule has 1 saturated heterocycles. The Bertz CT molecular complexity index is 419. The molecule has 1 N–H and O–H groups in total. The highest BCUT2D eigenvalue weighted by Crippen LogP contribution is 2.19. The molecule has 1 fully saturated rings. The molecule has 0 aliphatic carbocycles. The molecule has 1 atom stereocenters. The van der Waals surface area contributed by atoms with E-state index in [1.807, 2.05) is 19.1 Å². The van der Waals surface area contributed by atoms with Crippen LogP contribution in [-0.2, 0) is 11.3 Å². The van der Waals surface area contributed by atoms with Gasteiger partial charge in [0, 0.05) is 24.7 Å². The van der Waals surface area contributed by atoms with Crippen LogP contribution in [0.5, 0.6) is 0 Å². The molecule has 3 nitrogen and oxygen atoms in total. The van der Waals surface area contributed by atoms with Gasteiger partial charge in [-0.05, 0) is 44.0 Å². The van der Waals surface area contributed by atoms with Crippen molar-refractivity contribution < 1.29 is 4.79 Å². The molecular formula is C15H21ClN2O. The van der Waals surface area contributed by atoms with Gasteiger partial charge >= 0.3 is 0 Å². The number of carbonyl (C=O) groups excluding carboxylic acids is 1. The molecule has 1 aliphatic rings. The number of halogens is 1. The lowest BCUT2D eigenvalue weighted by molar-refractivity contribution is -0.126. The van der Waals surface area contributed by atoms with Crippen LogP contribution in [0.4, 0.5) is 0 Å². The molecule has 1 heterocycles. The summed E-state index contributed by atoms with van der Waals surface area (Å²) in [6.45, 7) is 5.50. The Labute approximate surface area is 119 Å². The summed E-state index contributed by atoms with van der Waals surface area (Å²) in [4.78, 5) is 14.2. The van der Waals surface area contributed by atoms with Gasteiger partial charge in [0.05, 0.1) is 5.92 Å².